The molecule has 124 valence electrons. The van der Waals surface area contributed by atoms with Crippen LogP contribution in [0.2, 0.25) is 5.02 Å². The van der Waals surface area contributed by atoms with Crippen molar-refractivity contribution in [1.82, 2.24) is 5.32 Å². The Morgan fingerprint density at radius 1 is 1.39 bits per heavy atom. The number of rotatable bonds is 5. The number of hydrogen-bond acceptors (Lipinski definition) is 5. The lowest BCUT2D eigenvalue weighted by atomic mass is 9.80. The molecule has 1 aliphatic rings. The average molecular weight is 343 g/mol. The molecule has 0 aliphatic carbocycles. The minimum Gasteiger partial charge on any atom is -0.481 e. The molecule has 0 radical (unpaired) electrons. The summed E-state index contributed by atoms with van der Waals surface area (Å²) >= 11 is 5.70. The van der Waals surface area contributed by atoms with Gasteiger partial charge in [0.1, 0.15) is 5.56 Å². The van der Waals surface area contributed by atoms with E-state index in [2.05, 4.69) is 5.32 Å². The van der Waals surface area contributed by atoms with Gasteiger partial charge < -0.3 is 15.2 Å². The van der Waals surface area contributed by atoms with Crippen molar-refractivity contribution in [1.29, 1.82) is 0 Å². The summed E-state index contributed by atoms with van der Waals surface area (Å²) in [6.45, 7) is 0.469. The number of ether oxygens (including phenoxy) is 1. The molecule has 0 atom stereocenters. The smallest absolute Gasteiger partial charge is 0.311 e. The summed E-state index contributed by atoms with van der Waals surface area (Å²) < 4.78 is 5.15. The molecule has 9 heteroatoms. The zero-order valence-electron chi connectivity index (χ0n) is 12.1. The fraction of sp³-hybridized carbons (Fsp3) is 0.429. The number of halogens is 1. The molecule has 2 N–H and O–H groups in total. The highest BCUT2D eigenvalue weighted by molar-refractivity contribution is 6.31. The Balaban J connectivity index is 2.16. The molecular weight excluding hydrogens is 328 g/mol. The van der Waals surface area contributed by atoms with Gasteiger partial charge in [-0.25, -0.2) is 0 Å². The second kappa shape index (κ2) is 6.93. The molecule has 1 saturated heterocycles. The van der Waals surface area contributed by atoms with E-state index in [4.69, 9.17) is 16.3 Å². The second-order valence-electron chi connectivity index (χ2n) is 5.30. The largest absolute Gasteiger partial charge is 0.481 e. The number of amides is 1. The van der Waals surface area contributed by atoms with E-state index in [9.17, 15) is 24.8 Å². The Hall–Kier alpha value is -2.19. The molecule has 1 heterocycles. The van der Waals surface area contributed by atoms with Crippen molar-refractivity contribution in [3.05, 3.63) is 38.9 Å². The zero-order valence-corrected chi connectivity index (χ0v) is 12.8. The monoisotopic (exact) mass is 342 g/mol. The third-order valence-electron chi connectivity index (χ3n) is 3.89. The van der Waals surface area contributed by atoms with Crippen LogP contribution in [0, 0.1) is 15.5 Å². The maximum absolute atomic E-state index is 12.2. The van der Waals surface area contributed by atoms with Gasteiger partial charge in [0.25, 0.3) is 11.6 Å². The Kier molecular flexibility index (Phi) is 5.17. The van der Waals surface area contributed by atoms with Gasteiger partial charge in [-0.2, -0.15) is 0 Å². The number of nitro groups is 1. The number of carboxylic acids is 1. The van der Waals surface area contributed by atoms with Crippen molar-refractivity contribution in [3.8, 4) is 0 Å². The number of carbonyl (C=O) groups is 2. The molecule has 0 aromatic heterocycles. The summed E-state index contributed by atoms with van der Waals surface area (Å²) in [4.78, 5) is 34.0. The van der Waals surface area contributed by atoms with Crippen molar-refractivity contribution in [3.63, 3.8) is 0 Å². The number of carboxylic acid groups (broad SMARTS) is 1. The van der Waals surface area contributed by atoms with Crippen LogP contribution in [-0.4, -0.2) is 41.7 Å². The normalized spacial score (nSPS) is 16.6. The first-order chi connectivity index (χ1) is 10.9. The Morgan fingerprint density at radius 3 is 2.61 bits per heavy atom. The molecule has 0 spiro atoms. The van der Waals surface area contributed by atoms with Gasteiger partial charge in [0, 0.05) is 30.8 Å². The number of nitro benzene ring substituents is 1. The molecule has 1 aromatic carbocycles. The van der Waals surface area contributed by atoms with Gasteiger partial charge in [0.05, 0.1) is 10.3 Å². The van der Waals surface area contributed by atoms with Gasteiger partial charge in [-0.15, -0.1) is 0 Å². The number of benzene rings is 1. The Labute approximate surface area is 136 Å². The first-order valence-corrected chi connectivity index (χ1v) is 7.27. The van der Waals surface area contributed by atoms with Gasteiger partial charge in [0.15, 0.2) is 0 Å². The van der Waals surface area contributed by atoms with Gasteiger partial charge in [-0.05, 0) is 25.0 Å². The van der Waals surface area contributed by atoms with Crippen LogP contribution in [0.4, 0.5) is 5.69 Å². The lowest BCUT2D eigenvalue weighted by molar-refractivity contribution is -0.385. The van der Waals surface area contributed by atoms with Crippen LogP contribution in [0.25, 0.3) is 0 Å². The van der Waals surface area contributed by atoms with Crippen LogP contribution in [0.15, 0.2) is 18.2 Å². The minimum absolute atomic E-state index is 0.121. The fourth-order valence-corrected chi connectivity index (χ4v) is 2.59. The third kappa shape index (κ3) is 3.77. The molecule has 1 aromatic rings. The standard InChI is InChI=1S/C14H15ClN2O6/c15-9-1-2-10(11(7-9)17(21)22)12(18)16-8-14(13(19)20)3-5-23-6-4-14/h1-2,7H,3-6,8H2,(H,16,18)(H,19,20). The van der Waals surface area contributed by atoms with Gasteiger partial charge >= 0.3 is 5.97 Å². The highest BCUT2D eigenvalue weighted by Crippen LogP contribution is 2.30. The summed E-state index contributed by atoms with van der Waals surface area (Å²) in [6, 6.07) is 3.69. The Morgan fingerprint density at radius 2 is 2.04 bits per heavy atom. The van der Waals surface area contributed by atoms with E-state index in [1.165, 1.54) is 12.1 Å². The number of nitrogens with zero attached hydrogens (tertiary/aromatic N) is 1. The first kappa shape index (κ1) is 17.2. The van der Waals surface area contributed by atoms with Crippen LogP contribution in [0.3, 0.4) is 0 Å². The van der Waals surface area contributed by atoms with E-state index >= 15 is 0 Å². The van der Waals surface area contributed by atoms with E-state index in [-0.39, 0.29) is 30.0 Å². The summed E-state index contributed by atoms with van der Waals surface area (Å²) in [5.74, 6) is -1.73. The lowest BCUT2D eigenvalue weighted by Crippen LogP contribution is -2.46. The second-order valence-corrected chi connectivity index (χ2v) is 5.74. The average Bonchev–Trinajstić information content (AvgIpc) is 2.53. The molecule has 2 rings (SSSR count). The molecule has 1 aliphatic heterocycles. The van der Waals surface area contributed by atoms with Crippen LogP contribution in [-0.2, 0) is 9.53 Å². The van der Waals surface area contributed by atoms with Crippen LogP contribution >= 0.6 is 11.6 Å². The van der Waals surface area contributed by atoms with Crippen molar-refractivity contribution in [2.75, 3.05) is 19.8 Å². The predicted octanol–water partition coefficient (Wildman–Crippen LogP) is 1.86. The molecule has 23 heavy (non-hydrogen) atoms. The number of carbonyl (C=O) groups excluding carboxylic acids is 1. The van der Waals surface area contributed by atoms with Gasteiger partial charge in [0.2, 0.25) is 0 Å². The number of nitrogens with one attached hydrogen (secondary N) is 1. The minimum atomic E-state index is -1.12. The van der Waals surface area contributed by atoms with E-state index < -0.39 is 27.9 Å². The van der Waals surface area contributed by atoms with Crippen LogP contribution < -0.4 is 5.32 Å². The highest BCUT2D eigenvalue weighted by Gasteiger charge is 2.40. The summed E-state index contributed by atoms with van der Waals surface area (Å²) in [7, 11) is 0. The van der Waals surface area contributed by atoms with E-state index in [0.29, 0.717) is 13.2 Å². The van der Waals surface area contributed by atoms with Gasteiger partial charge in [-0.3, -0.25) is 19.7 Å². The topological polar surface area (TPSA) is 119 Å². The van der Waals surface area contributed by atoms with E-state index in [1.807, 2.05) is 0 Å². The fourth-order valence-electron chi connectivity index (χ4n) is 2.42. The maximum atomic E-state index is 12.2. The molecular formula is C14H15ClN2O6. The predicted molar refractivity (Wildman–Crippen MR) is 80.6 cm³/mol. The number of hydrogen-bond donors (Lipinski definition) is 2. The molecule has 8 nitrogen and oxygen atoms in total. The van der Waals surface area contributed by atoms with Crippen molar-refractivity contribution >= 4 is 29.2 Å². The van der Waals surface area contributed by atoms with E-state index in [1.54, 1.807) is 0 Å². The maximum Gasteiger partial charge on any atom is 0.311 e. The summed E-state index contributed by atoms with van der Waals surface area (Å²) in [6.07, 6.45) is 0.538. The van der Waals surface area contributed by atoms with E-state index in [0.717, 1.165) is 6.07 Å². The third-order valence-corrected chi connectivity index (χ3v) is 4.13. The summed E-state index contributed by atoms with van der Waals surface area (Å²) in [5, 5.41) is 23.1. The molecule has 0 bridgehead atoms. The molecule has 1 amide bonds. The zero-order chi connectivity index (χ0) is 17.0. The van der Waals surface area contributed by atoms with Crippen molar-refractivity contribution in [2.45, 2.75) is 12.8 Å². The molecule has 1 fully saturated rings. The summed E-state index contributed by atoms with van der Waals surface area (Å²) in [5.41, 5.74) is -1.70. The first-order valence-electron chi connectivity index (χ1n) is 6.89. The van der Waals surface area contributed by atoms with Crippen molar-refractivity contribution in [2.24, 2.45) is 5.41 Å². The molecule has 0 saturated carbocycles. The number of aliphatic carboxylic acids is 1. The highest BCUT2D eigenvalue weighted by atomic mass is 35.5. The van der Waals surface area contributed by atoms with Gasteiger partial charge in [-0.1, -0.05) is 11.6 Å². The van der Waals surface area contributed by atoms with Crippen molar-refractivity contribution < 1.29 is 24.4 Å². The van der Waals surface area contributed by atoms with Crippen LogP contribution in [0.5, 0.6) is 0 Å². The quantitative estimate of drug-likeness (QED) is 0.622. The van der Waals surface area contributed by atoms with Crippen LogP contribution in [0.1, 0.15) is 23.2 Å². The molecule has 0 unspecified atom stereocenters. The Bertz CT molecular complexity index is 642. The SMILES string of the molecule is O=C(NCC1(C(=O)O)CCOCC1)c1ccc(Cl)cc1[N+](=O)[O-]. The lowest BCUT2D eigenvalue weighted by Gasteiger charge is -2.33.